The summed E-state index contributed by atoms with van der Waals surface area (Å²) in [4.78, 5) is 27.0. The zero-order chi connectivity index (χ0) is 19.9. The predicted molar refractivity (Wildman–Crippen MR) is 111 cm³/mol. The molecule has 0 radical (unpaired) electrons. The van der Waals surface area contributed by atoms with Gasteiger partial charge in [-0.15, -0.1) is 0 Å². The Bertz CT molecular complexity index is 849. The number of rotatable bonds is 5. The van der Waals surface area contributed by atoms with Crippen molar-refractivity contribution in [1.29, 1.82) is 0 Å². The number of benzene rings is 2. The molecule has 0 saturated carbocycles. The summed E-state index contributed by atoms with van der Waals surface area (Å²) in [6.07, 6.45) is 4.35. The first kappa shape index (κ1) is 20.5. The predicted octanol–water partition coefficient (Wildman–Crippen LogP) is 5.03. The largest absolute Gasteiger partial charge is 0.483 e. The second-order valence-electron chi connectivity index (χ2n) is 6.66. The van der Waals surface area contributed by atoms with Crippen LogP contribution in [0.15, 0.2) is 42.5 Å². The molecule has 5 nitrogen and oxygen atoms in total. The molecule has 1 aliphatic heterocycles. The molecule has 1 N–H and O–H groups in total. The Balaban J connectivity index is 1.66. The first-order valence-corrected chi connectivity index (χ1v) is 10.1. The third kappa shape index (κ3) is 5.40. The maximum atomic E-state index is 12.7. The van der Waals surface area contributed by atoms with Crippen molar-refractivity contribution in [3.05, 3.63) is 58.1 Å². The van der Waals surface area contributed by atoms with Crippen LogP contribution >= 0.6 is 23.2 Å². The smallest absolute Gasteiger partial charge is 0.260 e. The van der Waals surface area contributed by atoms with Gasteiger partial charge in [-0.3, -0.25) is 9.59 Å². The van der Waals surface area contributed by atoms with Crippen molar-refractivity contribution in [2.45, 2.75) is 25.7 Å². The van der Waals surface area contributed by atoms with Crippen molar-refractivity contribution in [3.63, 3.8) is 0 Å². The average molecular weight is 421 g/mol. The minimum absolute atomic E-state index is 0.0575. The highest BCUT2D eigenvalue weighted by Crippen LogP contribution is 2.27. The van der Waals surface area contributed by atoms with E-state index in [4.69, 9.17) is 27.9 Å². The van der Waals surface area contributed by atoms with Crippen LogP contribution in [-0.4, -0.2) is 36.4 Å². The quantitative estimate of drug-likeness (QED) is 0.737. The molecule has 2 amide bonds. The minimum Gasteiger partial charge on any atom is -0.483 e. The standard InChI is InChI=1S/C21H22Cl2N2O3/c22-15-9-10-18(17(23)13-15)24-21(27)16-7-3-4-8-19(16)28-14-20(26)25-11-5-1-2-6-12-25/h3-4,7-10,13H,1-2,5-6,11-12,14H2,(H,24,27). The van der Waals surface area contributed by atoms with Crippen LogP contribution in [0.3, 0.4) is 0 Å². The van der Waals surface area contributed by atoms with Crippen LogP contribution in [0.25, 0.3) is 0 Å². The summed E-state index contributed by atoms with van der Waals surface area (Å²) in [5.74, 6) is -0.0758. The number of halogens is 2. The van der Waals surface area contributed by atoms with Gasteiger partial charge in [-0.2, -0.15) is 0 Å². The van der Waals surface area contributed by atoms with E-state index in [1.807, 2.05) is 4.90 Å². The lowest BCUT2D eigenvalue weighted by molar-refractivity contribution is -0.133. The Labute approximate surface area is 174 Å². The topological polar surface area (TPSA) is 58.6 Å². The zero-order valence-electron chi connectivity index (χ0n) is 15.4. The van der Waals surface area contributed by atoms with Gasteiger partial charge in [-0.1, -0.05) is 48.2 Å². The first-order valence-electron chi connectivity index (χ1n) is 9.30. The van der Waals surface area contributed by atoms with Crippen LogP contribution in [0.4, 0.5) is 5.69 Å². The van der Waals surface area contributed by atoms with E-state index in [9.17, 15) is 9.59 Å². The molecular formula is C21H22Cl2N2O3. The summed E-state index contributed by atoms with van der Waals surface area (Å²) in [5, 5.41) is 3.58. The maximum absolute atomic E-state index is 12.7. The van der Waals surface area contributed by atoms with Gasteiger partial charge in [0.25, 0.3) is 11.8 Å². The number of carbonyl (C=O) groups is 2. The lowest BCUT2D eigenvalue weighted by Crippen LogP contribution is -2.35. The van der Waals surface area contributed by atoms with E-state index >= 15 is 0 Å². The lowest BCUT2D eigenvalue weighted by atomic mass is 10.2. The van der Waals surface area contributed by atoms with Gasteiger partial charge in [-0.25, -0.2) is 0 Å². The van der Waals surface area contributed by atoms with Gasteiger partial charge in [0.1, 0.15) is 5.75 Å². The van der Waals surface area contributed by atoms with Gasteiger partial charge in [-0.05, 0) is 43.2 Å². The van der Waals surface area contributed by atoms with E-state index < -0.39 is 0 Å². The van der Waals surface area contributed by atoms with Gasteiger partial charge < -0.3 is 15.0 Å². The van der Waals surface area contributed by atoms with Crippen LogP contribution in [-0.2, 0) is 4.79 Å². The molecule has 2 aromatic rings. The Morgan fingerprint density at radius 1 is 1.00 bits per heavy atom. The normalized spacial score (nSPS) is 14.3. The molecule has 0 unspecified atom stereocenters. The number of para-hydroxylation sites is 1. The molecule has 3 rings (SSSR count). The molecule has 1 aliphatic rings. The van der Waals surface area contributed by atoms with Crippen molar-refractivity contribution in [1.82, 2.24) is 4.90 Å². The highest BCUT2D eigenvalue weighted by molar-refractivity contribution is 6.36. The molecule has 2 aromatic carbocycles. The molecule has 1 saturated heterocycles. The SMILES string of the molecule is O=C(Nc1ccc(Cl)cc1Cl)c1ccccc1OCC(=O)N1CCCCCC1. The van der Waals surface area contributed by atoms with Gasteiger partial charge in [0.2, 0.25) is 0 Å². The van der Waals surface area contributed by atoms with Crippen molar-refractivity contribution < 1.29 is 14.3 Å². The fourth-order valence-corrected chi connectivity index (χ4v) is 3.57. The van der Waals surface area contributed by atoms with Crippen molar-refractivity contribution in [2.24, 2.45) is 0 Å². The number of nitrogens with one attached hydrogen (secondary N) is 1. The zero-order valence-corrected chi connectivity index (χ0v) is 16.9. The monoisotopic (exact) mass is 420 g/mol. The van der Waals surface area contributed by atoms with Crippen LogP contribution in [0.2, 0.25) is 10.0 Å². The fraction of sp³-hybridized carbons (Fsp3) is 0.333. The summed E-state index contributed by atoms with van der Waals surface area (Å²) in [6.45, 7) is 1.44. The number of anilines is 1. The second kappa shape index (κ2) is 9.80. The molecule has 28 heavy (non-hydrogen) atoms. The third-order valence-corrected chi connectivity index (χ3v) is 5.17. The van der Waals surface area contributed by atoms with Crippen molar-refractivity contribution >= 4 is 40.7 Å². The van der Waals surface area contributed by atoms with E-state index in [2.05, 4.69) is 5.32 Å². The van der Waals surface area contributed by atoms with Crippen LogP contribution in [0, 0.1) is 0 Å². The van der Waals surface area contributed by atoms with Gasteiger partial charge >= 0.3 is 0 Å². The highest BCUT2D eigenvalue weighted by atomic mass is 35.5. The van der Waals surface area contributed by atoms with Crippen LogP contribution in [0.5, 0.6) is 5.75 Å². The molecule has 1 fully saturated rings. The number of carbonyl (C=O) groups excluding carboxylic acids is 2. The number of hydrogen-bond donors (Lipinski definition) is 1. The van der Waals surface area contributed by atoms with E-state index in [0.717, 1.165) is 38.8 Å². The van der Waals surface area contributed by atoms with Crippen LogP contribution < -0.4 is 10.1 Å². The number of ether oxygens (including phenoxy) is 1. The first-order chi connectivity index (χ1) is 13.5. The van der Waals surface area contributed by atoms with E-state index in [1.54, 1.807) is 42.5 Å². The van der Waals surface area contributed by atoms with Gasteiger partial charge in [0, 0.05) is 18.1 Å². The van der Waals surface area contributed by atoms with Crippen LogP contribution in [0.1, 0.15) is 36.0 Å². The average Bonchev–Trinajstić information content (AvgIpc) is 2.98. The number of hydrogen-bond acceptors (Lipinski definition) is 3. The second-order valence-corrected chi connectivity index (χ2v) is 7.50. The number of amides is 2. The number of likely N-dealkylation sites (tertiary alicyclic amines) is 1. The van der Waals surface area contributed by atoms with E-state index in [0.29, 0.717) is 27.0 Å². The summed E-state index contributed by atoms with van der Waals surface area (Å²) in [7, 11) is 0. The Morgan fingerprint density at radius 2 is 1.71 bits per heavy atom. The third-order valence-electron chi connectivity index (χ3n) is 4.62. The van der Waals surface area contributed by atoms with Crippen molar-refractivity contribution in [3.8, 4) is 5.75 Å². The summed E-state index contributed by atoms with van der Waals surface area (Å²) in [5.41, 5.74) is 0.781. The molecule has 1 heterocycles. The summed E-state index contributed by atoms with van der Waals surface area (Å²) in [6, 6.07) is 11.7. The molecule has 0 aliphatic carbocycles. The molecular weight excluding hydrogens is 399 g/mol. The number of nitrogens with zero attached hydrogens (tertiary/aromatic N) is 1. The Kier molecular flexibility index (Phi) is 7.18. The maximum Gasteiger partial charge on any atom is 0.260 e. The molecule has 0 bridgehead atoms. The lowest BCUT2D eigenvalue weighted by Gasteiger charge is -2.20. The fourth-order valence-electron chi connectivity index (χ4n) is 3.11. The van der Waals surface area contributed by atoms with E-state index in [1.165, 1.54) is 0 Å². The highest BCUT2D eigenvalue weighted by Gasteiger charge is 2.18. The Hall–Kier alpha value is -2.24. The minimum atomic E-state index is -0.373. The Morgan fingerprint density at radius 3 is 2.43 bits per heavy atom. The summed E-state index contributed by atoms with van der Waals surface area (Å²) < 4.78 is 5.70. The molecule has 148 valence electrons. The van der Waals surface area contributed by atoms with Crippen molar-refractivity contribution in [2.75, 3.05) is 25.0 Å². The van der Waals surface area contributed by atoms with Gasteiger partial charge in [0.05, 0.1) is 16.3 Å². The molecule has 0 aromatic heterocycles. The molecule has 0 atom stereocenters. The molecule has 7 heteroatoms. The molecule has 0 spiro atoms. The summed E-state index contributed by atoms with van der Waals surface area (Å²) >= 11 is 12.0. The van der Waals surface area contributed by atoms with E-state index in [-0.39, 0.29) is 18.4 Å². The van der Waals surface area contributed by atoms with Gasteiger partial charge in [0.15, 0.2) is 6.61 Å².